The van der Waals surface area contributed by atoms with Crippen molar-refractivity contribution in [2.45, 2.75) is 98.6 Å². The maximum atomic E-state index is 13.5. The number of nitriles is 1. The number of nitrogens with zero attached hydrogens (tertiary/aromatic N) is 4. The molecule has 1 N–H and O–H groups in total. The Hall–Kier alpha value is -2.33. The summed E-state index contributed by atoms with van der Waals surface area (Å²) in [6.07, 6.45) is 4.82. The first-order valence-corrected chi connectivity index (χ1v) is 12.8. The largest absolute Gasteiger partial charge is 0.507 e. The van der Waals surface area contributed by atoms with Gasteiger partial charge < -0.3 is 14.2 Å². The van der Waals surface area contributed by atoms with Gasteiger partial charge in [-0.15, -0.1) is 0 Å². The van der Waals surface area contributed by atoms with E-state index in [4.69, 9.17) is 0 Å². The highest BCUT2D eigenvalue weighted by atomic mass is 79.9. The van der Waals surface area contributed by atoms with E-state index in [0.717, 1.165) is 30.4 Å². The third-order valence-electron chi connectivity index (χ3n) is 6.53. The number of phenolic OH excluding ortho intramolecular Hbond substituents is 1. The van der Waals surface area contributed by atoms with E-state index in [1.54, 1.807) is 22.9 Å². The lowest BCUT2D eigenvalue weighted by Gasteiger charge is -2.28. The molecule has 186 valence electrons. The minimum absolute atomic E-state index is 0.0506. The molecule has 2 rings (SSSR count). The lowest BCUT2D eigenvalue weighted by molar-refractivity contribution is 0.0970. The molecule has 0 radical (unpaired) electrons. The molecular formula is C27H39BrN4O2. The molecule has 0 saturated carbocycles. The van der Waals surface area contributed by atoms with Gasteiger partial charge in [-0.1, -0.05) is 68.2 Å². The molecule has 0 spiro atoms. The minimum atomic E-state index is -0.323. The first kappa shape index (κ1) is 27.9. The predicted molar refractivity (Wildman–Crippen MR) is 140 cm³/mol. The van der Waals surface area contributed by atoms with Gasteiger partial charge in [0.2, 0.25) is 5.62 Å². The first-order valence-electron chi connectivity index (χ1n) is 12.0. The number of benzene rings is 1. The summed E-state index contributed by atoms with van der Waals surface area (Å²) in [6, 6.07) is 5.84. The number of phenols is 1. The van der Waals surface area contributed by atoms with Crippen LogP contribution in [0.2, 0.25) is 0 Å². The van der Waals surface area contributed by atoms with Gasteiger partial charge in [-0.2, -0.15) is 9.28 Å². The van der Waals surface area contributed by atoms with Crippen molar-refractivity contribution in [3.05, 3.63) is 46.3 Å². The van der Waals surface area contributed by atoms with Crippen LogP contribution in [0, 0.1) is 17.2 Å². The van der Waals surface area contributed by atoms with Crippen LogP contribution in [0.5, 0.6) is 5.75 Å². The van der Waals surface area contributed by atoms with E-state index >= 15 is 0 Å². The van der Waals surface area contributed by atoms with Crippen molar-refractivity contribution in [2.75, 3.05) is 0 Å². The topological polar surface area (TPSA) is 83.3 Å². The highest BCUT2D eigenvalue weighted by Gasteiger charge is 2.28. The van der Waals surface area contributed by atoms with E-state index in [1.807, 2.05) is 46.1 Å². The molecular weight excluding hydrogens is 492 g/mol. The fourth-order valence-electron chi connectivity index (χ4n) is 4.25. The summed E-state index contributed by atoms with van der Waals surface area (Å²) in [7, 11) is 0. The van der Waals surface area contributed by atoms with Crippen LogP contribution in [0.3, 0.4) is 0 Å². The molecule has 0 aliphatic carbocycles. The number of imidazole rings is 1. The Morgan fingerprint density at radius 3 is 2.06 bits per heavy atom. The van der Waals surface area contributed by atoms with Crippen molar-refractivity contribution < 1.29 is 9.90 Å². The minimum Gasteiger partial charge on any atom is -0.507 e. The van der Waals surface area contributed by atoms with E-state index in [9.17, 15) is 15.2 Å². The highest BCUT2D eigenvalue weighted by molar-refractivity contribution is 9.08. The standard InChI is InChI=1S/C27H39BrN4O2/c1-9-18(10-2)11-12-32-20(15-29)16-31(25(32)30-28)17-23(33)19-13-21(26(3,4)5)24(34)22(14-19)27(6,7)8/h13-14,16,18,34H,9-12,17H2,1-8H3. The number of hydrogen-bond donors (Lipinski definition) is 1. The number of ketones is 1. The number of hydrogen-bond acceptors (Lipinski definition) is 4. The van der Waals surface area contributed by atoms with Crippen LogP contribution in [0.25, 0.3) is 0 Å². The van der Waals surface area contributed by atoms with Gasteiger partial charge in [0.1, 0.15) is 17.5 Å². The molecule has 0 unspecified atom stereocenters. The molecule has 34 heavy (non-hydrogen) atoms. The summed E-state index contributed by atoms with van der Waals surface area (Å²) in [5, 5.41) is 20.7. The number of carbonyl (C=O) groups excluding carboxylic acids is 1. The molecule has 0 amide bonds. The van der Waals surface area contributed by atoms with Crippen molar-refractivity contribution in [1.29, 1.82) is 5.26 Å². The van der Waals surface area contributed by atoms with E-state index in [1.165, 1.54) is 0 Å². The second kappa shape index (κ2) is 10.9. The summed E-state index contributed by atoms with van der Waals surface area (Å²) in [5.41, 5.74) is 2.42. The van der Waals surface area contributed by atoms with Gasteiger partial charge in [0.15, 0.2) is 5.78 Å². The van der Waals surface area contributed by atoms with Crippen LogP contribution < -0.4 is 5.62 Å². The average Bonchev–Trinajstić information content (AvgIpc) is 3.08. The zero-order valence-corrected chi connectivity index (χ0v) is 23.5. The molecule has 1 aromatic heterocycles. The predicted octanol–water partition coefficient (Wildman–Crippen LogP) is 6.38. The molecule has 1 aromatic carbocycles. The van der Waals surface area contributed by atoms with Crippen LogP contribution >= 0.6 is 16.1 Å². The molecule has 7 heteroatoms. The van der Waals surface area contributed by atoms with Crippen LogP contribution in [0.4, 0.5) is 0 Å². The smallest absolute Gasteiger partial charge is 0.218 e. The zero-order chi connectivity index (χ0) is 25.8. The fourth-order valence-corrected chi connectivity index (χ4v) is 4.65. The summed E-state index contributed by atoms with van der Waals surface area (Å²) >= 11 is 3.20. The molecule has 0 aliphatic heterocycles. The van der Waals surface area contributed by atoms with E-state index in [-0.39, 0.29) is 28.9 Å². The Balaban J connectivity index is 2.51. The summed E-state index contributed by atoms with van der Waals surface area (Å²) in [5.74, 6) is 0.732. The van der Waals surface area contributed by atoms with Crippen LogP contribution in [-0.4, -0.2) is 20.0 Å². The molecule has 0 atom stereocenters. The first-order chi connectivity index (χ1) is 15.8. The quantitative estimate of drug-likeness (QED) is 0.401. The molecule has 0 saturated heterocycles. The third-order valence-corrected chi connectivity index (χ3v) is 6.85. The van der Waals surface area contributed by atoms with Gasteiger partial charge in [0.05, 0.1) is 22.7 Å². The van der Waals surface area contributed by atoms with Gasteiger partial charge in [0.25, 0.3) is 0 Å². The Morgan fingerprint density at radius 1 is 1.12 bits per heavy atom. The monoisotopic (exact) mass is 530 g/mol. The SMILES string of the molecule is CCC(CC)CCn1c(C#N)cn(CC(=O)c2cc(C(C)(C)C)c(O)c(C(C)(C)C)c2)c1=NBr. The van der Waals surface area contributed by atoms with Crippen molar-refractivity contribution in [3.8, 4) is 11.8 Å². The molecule has 1 heterocycles. The van der Waals surface area contributed by atoms with Crippen LogP contribution in [0.15, 0.2) is 22.3 Å². The molecule has 0 bridgehead atoms. The number of carbonyl (C=O) groups is 1. The number of aromatic nitrogens is 2. The fraction of sp³-hybridized carbons (Fsp3) is 0.593. The van der Waals surface area contributed by atoms with Crippen LogP contribution in [-0.2, 0) is 23.9 Å². The third kappa shape index (κ3) is 6.21. The Kier molecular flexibility index (Phi) is 8.98. The highest BCUT2D eigenvalue weighted by Crippen LogP contribution is 2.39. The lowest BCUT2D eigenvalue weighted by Crippen LogP contribution is -2.29. The van der Waals surface area contributed by atoms with E-state index in [2.05, 4.69) is 40.1 Å². The summed E-state index contributed by atoms with van der Waals surface area (Å²) in [6.45, 7) is 17.2. The van der Waals surface area contributed by atoms with Gasteiger partial charge in [-0.05, 0) is 35.3 Å². The number of aromatic hydroxyl groups is 1. The van der Waals surface area contributed by atoms with Gasteiger partial charge >= 0.3 is 0 Å². The maximum Gasteiger partial charge on any atom is 0.218 e. The van der Waals surface area contributed by atoms with E-state index in [0.29, 0.717) is 29.3 Å². The van der Waals surface area contributed by atoms with Crippen LogP contribution in [0.1, 0.15) is 102 Å². The van der Waals surface area contributed by atoms with Crippen molar-refractivity contribution >= 4 is 21.9 Å². The second-order valence-corrected chi connectivity index (χ2v) is 11.5. The van der Waals surface area contributed by atoms with Crippen molar-refractivity contribution in [2.24, 2.45) is 9.94 Å². The zero-order valence-electron chi connectivity index (χ0n) is 21.9. The van der Waals surface area contributed by atoms with Gasteiger partial charge in [-0.3, -0.25) is 4.79 Å². The molecule has 2 aromatic rings. The number of Topliss-reactive ketones (excluding diaryl/α,β-unsaturated/α-hetero) is 1. The van der Waals surface area contributed by atoms with Crippen molar-refractivity contribution in [1.82, 2.24) is 9.13 Å². The number of rotatable bonds is 8. The van der Waals surface area contributed by atoms with Gasteiger partial charge in [0, 0.05) is 29.4 Å². The summed E-state index contributed by atoms with van der Waals surface area (Å²) in [4.78, 5) is 13.5. The van der Waals surface area contributed by atoms with E-state index < -0.39 is 0 Å². The number of halogens is 1. The second-order valence-electron chi connectivity index (χ2n) is 11.1. The normalized spacial score (nSPS) is 12.9. The van der Waals surface area contributed by atoms with Crippen molar-refractivity contribution in [3.63, 3.8) is 0 Å². The van der Waals surface area contributed by atoms with Gasteiger partial charge in [-0.25, -0.2) is 0 Å². The summed E-state index contributed by atoms with van der Waals surface area (Å²) < 4.78 is 7.84. The molecule has 0 fully saturated rings. The molecule has 6 nitrogen and oxygen atoms in total. The average molecular weight is 532 g/mol. The Bertz CT molecular complexity index is 1100. The Morgan fingerprint density at radius 2 is 1.65 bits per heavy atom. The molecule has 0 aliphatic rings. The maximum absolute atomic E-state index is 13.5. The Labute approximate surface area is 212 Å². The lowest BCUT2D eigenvalue weighted by atomic mass is 9.78.